The molecule has 0 unspecified atom stereocenters. The van der Waals surface area contributed by atoms with Crippen LogP contribution in [0, 0.1) is 0 Å². The van der Waals surface area contributed by atoms with Crippen molar-refractivity contribution in [1.29, 1.82) is 0 Å². The van der Waals surface area contributed by atoms with E-state index in [0.29, 0.717) is 6.42 Å². The number of carbonyl (C=O) groups is 1. The summed E-state index contributed by atoms with van der Waals surface area (Å²) in [7, 11) is 0. The molecule has 3 rings (SSSR count). The van der Waals surface area contributed by atoms with E-state index in [4.69, 9.17) is 4.74 Å². The fourth-order valence-electron chi connectivity index (χ4n) is 4.17. The summed E-state index contributed by atoms with van der Waals surface area (Å²) in [5, 5.41) is 3.24. The smallest absolute Gasteiger partial charge is 0.220 e. The molecule has 1 amide bonds. The molecule has 4 heteroatoms. The molecule has 25 heavy (non-hydrogen) atoms. The van der Waals surface area contributed by atoms with Gasteiger partial charge in [0.15, 0.2) is 0 Å². The highest BCUT2D eigenvalue weighted by atomic mass is 16.5. The molecule has 4 nitrogen and oxygen atoms in total. The summed E-state index contributed by atoms with van der Waals surface area (Å²) in [6, 6.07) is 10.4. The van der Waals surface area contributed by atoms with Crippen molar-refractivity contribution < 1.29 is 9.53 Å². The van der Waals surface area contributed by atoms with Crippen molar-refractivity contribution in [3.05, 3.63) is 35.9 Å². The summed E-state index contributed by atoms with van der Waals surface area (Å²) in [5.74, 6) is 0.193. The van der Waals surface area contributed by atoms with Crippen LogP contribution in [0.1, 0.15) is 50.5 Å². The first kappa shape index (κ1) is 18.4. The molecule has 2 heterocycles. The lowest BCUT2D eigenvalue weighted by Gasteiger charge is -2.48. The molecule has 2 saturated heterocycles. The predicted molar refractivity (Wildman–Crippen MR) is 101 cm³/mol. The normalized spacial score (nSPS) is 21.0. The summed E-state index contributed by atoms with van der Waals surface area (Å²) in [6.07, 6.45) is 8.49. The number of hydrogen-bond donors (Lipinski definition) is 1. The minimum Gasteiger partial charge on any atom is -0.381 e. The Morgan fingerprint density at radius 2 is 1.80 bits per heavy atom. The molecule has 0 aliphatic carbocycles. The van der Waals surface area contributed by atoms with Crippen molar-refractivity contribution >= 4 is 5.91 Å². The molecule has 0 spiro atoms. The molecule has 1 aromatic rings. The lowest BCUT2D eigenvalue weighted by molar-refractivity contribution is -0.122. The van der Waals surface area contributed by atoms with E-state index in [-0.39, 0.29) is 11.4 Å². The largest absolute Gasteiger partial charge is 0.381 e. The van der Waals surface area contributed by atoms with Gasteiger partial charge >= 0.3 is 0 Å². The second kappa shape index (κ2) is 9.35. The first-order chi connectivity index (χ1) is 12.3. The van der Waals surface area contributed by atoms with E-state index in [1.165, 1.54) is 37.9 Å². The molecular weight excluding hydrogens is 312 g/mol. The molecule has 138 valence electrons. The van der Waals surface area contributed by atoms with Crippen molar-refractivity contribution in [2.24, 2.45) is 0 Å². The van der Waals surface area contributed by atoms with Crippen molar-refractivity contribution in [3.63, 3.8) is 0 Å². The van der Waals surface area contributed by atoms with Crippen LogP contribution in [0.15, 0.2) is 30.3 Å². The van der Waals surface area contributed by atoms with Crippen LogP contribution >= 0.6 is 0 Å². The van der Waals surface area contributed by atoms with Gasteiger partial charge in [-0.2, -0.15) is 0 Å². The van der Waals surface area contributed by atoms with Gasteiger partial charge in [-0.15, -0.1) is 0 Å². The minimum atomic E-state index is 0.119. The van der Waals surface area contributed by atoms with Crippen LogP contribution in [0.25, 0.3) is 0 Å². The molecule has 2 fully saturated rings. The van der Waals surface area contributed by atoms with Crippen LogP contribution < -0.4 is 5.32 Å². The van der Waals surface area contributed by atoms with E-state index >= 15 is 0 Å². The van der Waals surface area contributed by atoms with Gasteiger partial charge in [-0.3, -0.25) is 9.69 Å². The number of aryl methyl sites for hydroxylation is 1. The quantitative estimate of drug-likeness (QED) is 0.826. The molecule has 0 bridgehead atoms. The Bertz CT molecular complexity index is 520. The summed E-state index contributed by atoms with van der Waals surface area (Å²) >= 11 is 0. The Balaban J connectivity index is 1.46. The maximum atomic E-state index is 12.3. The highest BCUT2D eigenvalue weighted by molar-refractivity contribution is 5.75. The van der Waals surface area contributed by atoms with Gasteiger partial charge in [-0.1, -0.05) is 36.8 Å². The first-order valence-electron chi connectivity index (χ1n) is 9.92. The first-order valence-corrected chi connectivity index (χ1v) is 9.92. The third-order valence-electron chi connectivity index (χ3n) is 5.78. The SMILES string of the molecule is O=C(CCCc1ccccc1)NCC1(N2CCCCC2)CCOCC1. The van der Waals surface area contributed by atoms with Gasteiger partial charge in [0, 0.05) is 31.7 Å². The molecular formula is C21H32N2O2. The van der Waals surface area contributed by atoms with Crippen molar-refractivity contribution in [2.45, 2.75) is 56.9 Å². The van der Waals surface area contributed by atoms with Crippen LogP contribution in [-0.4, -0.2) is 49.2 Å². The van der Waals surface area contributed by atoms with Gasteiger partial charge in [0.05, 0.1) is 0 Å². The Labute approximate surface area is 151 Å². The number of carbonyl (C=O) groups excluding carboxylic acids is 1. The monoisotopic (exact) mass is 344 g/mol. The Kier molecular flexibility index (Phi) is 6.88. The maximum Gasteiger partial charge on any atom is 0.220 e. The lowest BCUT2D eigenvalue weighted by Crippen LogP contribution is -2.59. The number of amides is 1. The Hall–Kier alpha value is -1.39. The number of ether oxygens (including phenoxy) is 1. The van der Waals surface area contributed by atoms with Crippen molar-refractivity contribution in [1.82, 2.24) is 10.2 Å². The Morgan fingerprint density at radius 3 is 2.52 bits per heavy atom. The van der Waals surface area contributed by atoms with E-state index in [2.05, 4.69) is 34.5 Å². The Morgan fingerprint density at radius 1 is 1.08 bits per heavy atom. The van der Waals surface area contributed by atoms with E-state index in [9.17, 15) is 4.79 Å². The number of hydrogen-bond acceptors (Lipinski definition) is 3. The summed E-state index contributed by atoms with van der Waals surface area (Å²) in [4.78, 5) is 15.0. The number of rotatable bonds is 7. The van der Waals surface area contributed by atoms with Gasteiger partial charge in [-0.25, -0.2) is 0 Å². The number of likely N-dealkylation sites (tertiary alicyclic amines) is 1. The lowest BCUT2D eigenvalue weighted by atomic mass is 9.86. The molecule has 2 aliphatic heterocycles. The third-order valence-corrected chi connectivity index (χ3v) is 5.78. The topological polar surface area (TPSA) is 41.6 Å². The molecule has 0 saturated carbocycles. The van der Waals surface area contributed by atoms with Crippen LogP contribution in [0.4, 0.5) is 0 Å². The van der Waals surface area contributed by atoms with Crippen molar-refractivity contribution in [2.75, 3.05) is 32.8 Å². The minimum absolute atomic E-state index is 0.119. The number of nitrogens with zero attached hydrogens (tertiary/aromatic N) is 1. The predicted octanol–water partition coefficient (Wildman–Crippen LogP) is 3.16. The summed E-state index contributed by atoms with van der Waals surface area (Å²) in [6.45, 7) is 4.76. The van der Waals surface area contributed by atoms with Crippen LogP contribution in [0.3, 0.4) is 0 Å². The van der Waals surface area contributed by atoms with Gasteiger partial charge in [-0.05, 0) is 57.2 Å². The molecule has 0 atom stereocenters. The number of benzene rings is 1. The molecule has 0 aromatic heterocycles. The fourth-order valence-corrected chi connectivity index (χ4v) is 4.17. The van der Waals surface area contributed by atoms with Gasteiger partial charge < -0.3 is 10.1 Å². The van der Waals surface area contributed by atoms with Gasteiger partial charge in [0.25, 0.3) is 0 Å². The summed E-state index contributed by atoms with van der Waals surface area (Å²) < 4.78 is 5.60. The van der Waals surface area contributed by atoms with Crippen LogP contribution in [0.2, 0.25) is 0 Å². The zero-order chi connectivity index (χ0) is 17.4. The zero-order valence-electron chi connectivity index (χ0n) is 15.3. The third kappa shape index (κ3) is 5.29. The van der Waals surface area contributed by atoms with E-state index < -0.39 is 0 Å². The zero-order valence-corrected chi connectivity index (χ0v) is 15.3. The van der Waals surface area contributed by atoms with Gasteiger partial charge in [0.1, 0.15) is 0 Å². The highest BCUT2D eigenvalue weighted by Crippen LogP contribution is 2.30. The average Bonchev–Trinajstić information content (AvgIpc) is 2.69. The maximum absolute atomic E-state index is 12.3. The molecule has 0 radical (unpaired) electrons. The van der Waals surface area contributed by atoms with E-state index in [1.807, 2.05) is 6.07 Å². The second-order valence-corrected chi connectivity index (χ2v) is 7.50. The van der Waals surface area contributed by atoms with Gasteiger partial charge in [0.2, 0.25) is 5.91 Å². The second-order valence-electron chi connectivity index (χ2n) is 7.50. The molecule has 1 N–H and O–H groups in total. The number of nitrogens with one attached hydrogen (secondary N) is 1. The fraction of sp³-hybridized carbons (Fsp3) is 0.667. The van der Waals surface area contributed by atoms with Crippen LogP contribution in [0.5, 0.6) is 0 Å². The van der Waals surface area contributed by atoms with Crippen molar-refractivity contribution in [3.8, 4) is 0 Å². The number of piperidine rings is 1. The van der Waals surface area contributed by atoms with E-state index in [0.717, 1.165) is 45.4 Å². The standard InChI is InChI=1S/C21H32N2O2/c24-20(11-7-10-19-8-3-1-4-9-19)22-18-21(12-16-25-17-13-21)23-14-5-2-6-15-23/h1,3-4,8-9H,2,5-7,10-18H2,(H,22,24). The summed E-state index contributed by atoms with van der Waals surface area (Å²) in [5.41, 5.74) is 1.43. The average molecular weight is 344 g/mol. The van der Waals surface area contributed by atoms with E-state index in [1.54, 1.807) is 0 Å². The molecule has 1 aromatic carbocycles. The highest BCUT2D eigenvalue weighted by Gasteiger charge is 2.39. The van der Waals surface area contributed by atoms with Crippen LogP contribution in [-0.2, 0) is 16.0 Å². The molecule has 2 aliphatic rings.